The summed E-state index contributed by atoms with van der Waals surface area (Å²) in [5.74, 6) is -2.69. The standard InChI is InChI=1S/C8H8N2O4/c1-9-10-8(14)4-2-3-5(11)7(13)6(4)12/h2-3,11-13H,1H2,(H,10,14). The van der Waals surface area contributed by atoms with E-state index in [1.54, 1.807) is 0 Å². The lowest BCUT2D eigenvalue weighted by Gasteiger charge is -2.05. The van der Waals surface area contributed by atoms with E-state index >= 15 is 0 Å². The van der Waals surface area contributed by atoms with Gasteiger partial charge in [-0.2, -0.15) is 5.10 Å². The Morgan fingerprint density at radius 2 is 1.93 bits per heavy atom. The van der Waals surface area contributed by atoms with E-state index in [0.29, 0.717) is 0 Å². The number of rotatable bonds is 2. The number of carbonyl (C=O) groups excluding carboxylic acids is 1. The zero-order valence-electron chi connectivity index (χ0n) is 7.06. The van der Waals surface area contributed by atoms with Gasteiger partial charge in [0.25, 0.3) is 5.91 Å². The molecule has 0 fully saturated rings. The predicted octanol–water partition coefficient (Wildman–Crippen LogP) is 0.149. The van der Waals surface area contributed by atoms with Gasteiger partial charge in [0.2, 0.25) is 5.75 Å². The molecule has 1 rings (SSSR count). The lowest BCUT2D eigenvalue weighted by molar-refractivity contribution is 0.0952. The Morgan fingerprint density at radius 1 is 1.29 bits per heavy atom. The van der Waals surface area contributed by atoms with E-state index in [1.807, 2.05) is 5.43 Å². The molecular weight excluding hydrogens is 188 g/mol. The highest BCUT2D eigenvalue weighted by Gasteiger charge is 2.16. The van der Waals surface area contributed by atoms with E-state index < -0.39 is 23.2 Å². The number of phenols is 3. The summed E-state index contributed by atoms with van der Waals surface area (Å²) in [6, 6.07) is 2.22. The van der Waals surface area contributed by atoms with Crippen molar-refractivity contribution in [2.75, 3.05) is 0 Å². The highest BCUT2D eigenvalue weighted by molar-refractivity contribution is 5.97. The molecule has 0 heterocycles. The number of nitrogens with one attached hydrogen (secondary N) is 1. The van der Waals surface area contributed by atoms with E-state index in [9.17, 15) is 9.90 Å². The van der Waals surface area contributed by atoms with Crippen molar-refractivity contribution in [2.45, 2.75) is 0 Å². The predicted molar refractivity (Wildman–Crippen MR) is 48.5 cm³/mol. The number of nitrogens with zero attached hydrogens (tertiary/aromatic N) is 1. The first-order chi connectivity index (χ1) is 6.57. The molecular formula is C8H8N2O4. The van der Waals surface area contributed by atoms with Crippen molar-refractivity contribution < 1.29 is 20.1 Å². The average molecular weight is 196 g/mol. The Morgan fingerprint density at radius 3 is 2.50 bits per heavy atom. The fraction of sp³-hybridized carbons (Fsp3) is 0. The molecule has 0 aliphatic heterocycles. The molecule has 0 radical (unpaired) electrons. The molecule has 0 unspecified atom stereocenters. The number of benzene rings is 1. The van der Waals surface area contributed by atoms with Gasteiger partial charge in [0.15, 0.2) is 11.5 Å². The van der Waals surface area contributed by atoms with Gasteiger partial charge >= 0.3 is 0 Å². The third-order valence-electron chi connectivity index (χ3n) is 1.56. The average Bonchev–Trinajstić information content (AvgIpc) is 2.15. The van der Waals surface area contributed by atoms with Crippen molar-refractivity contribution >= 4 is 12.6 Å². The van der Waals surface area contributed by atoms with Crippen LogP contribution in [0.25, 0.3) is 0 Å². The van der Waals surface area contributed by atoms with Crippen LogP contribution >= 0.6 is 0 Å². The normalized spacial score (nSPS) is 9.43. The quantitative estimate of drug-likeness (QED) is 0.307. The molecule has 0 spiro atoms. The first-order valence-corrected chi connectivity index (χ1v) is 3.58. The molecule has 0 aliphatic carbocycles. The summed E-state index contributed by atoms with van der Waals surface area (Å²) in [6.07, 6.45) is 0. The van der Waals surface area contributed by atoms with E-state index in [-0.39, 0.29) is 5.56 Å². The molecule has 0 aromatic heterocycles. The molecule has 0 atom stereocenters. The van der Waals surface area contributed by atoms with Crippen LogP contribution in [0.4, 0.5) is 0 Å². The number of hydrazone groups is 1. The largest absolute Gasteiger partial charge is 0.504 e. The zero-order chi connectivity index (χ0) is 10.7. The van der Waals surface area contributed by atoms with Crippen LogP contribution in [0.1, 0.15) is 10.4 Å². The van der Waals surface area contributed by atoms with Crippen molar-refractivity contribution in [3.05, 3.63) is 17.7 Å². The van der Waals surface area contributed by atoms with Crippen molar-refractivity contribution in [1.82, 2.24) is 5.43 Å². The number of hydrogen-bond donors (Lipinski definition) is 4. The first kappa shape index (κ1) is 9.85. The number of hydrogen-bond acceptors (Lipinski definition) is 5. The van der Waals surface area contributed by atoms with E-state index in [1.165, 1.54) is 0 Å². The Bertz CT molecular complexity index is 389. The van der Waals surface area contributed by atoms with Crippen LogP contribution in [0, 0.1) is 0 Å². The van der Waals surface area contributed by atoms with Gasteiger partial charge in [0.05, 0.1) is 5.56 Å². The van der Waals surface area contributed by atoms with Gasteiger partial charge in [-0.3, -0.25) is 4.79 Å². The fourth-order valence-electron chi connectivity index (χ4n) is 0.884. The third-order valence-corrected chi connectivity index (χ3v) is 1.56. The van der Waals surface area contributed by atoms with Crippen molar-refractivity contribution in [3.8, 4) is 17.2 Å². The van der Waals surface area contributed by atoms with Crippen LogP contribution in [0.15, 0.2) is 17.2 Å². The minimum absolute atomic E-state index is 0.201. The fourth-order valence-corrected chi connectivity index (χ4v) is 0.884. The van der Waals surface area contributed by atoms with Crippen LogP contribution < -0.4 is 5.43 Å². The Labute approximate surface area is 79.1 Å². The number of aromatic hydroxyl groups is 3. The molecule has 14 heavy (non-hydrogen) atoms. The summed E-state index contributed by atoms with van der Waals surface area (Å²) >= 11 is 0. The molecule has 1 aromatic carbocycles. The van der Waals surface area contributed by atoms with Crippen LogP contribution in [0.2, 0.25) is 0 Å². The van der Waals surface area contributed by atoms with E-state index in [2.05, 4.69) is 11.8 Å². The first-order valence-electron chi connectivity index (χ1n) is 3.58. The summed E-state index contributed by atoms with van der Waals surface area (Å²) in [5, 5.41) is 30.4. The van der Waals surface area contributed by atoms with Gasteiger partial charge in [-0.15, -0.1) is 0 Å². The molecule has 6 nitrogen and oxygen atoms in total. The van der Waals surface area contributed by atoms with Crippen LogP contribution in [-0.4, -0.2) is 27.9 Å². The van der Waals surface area contributed by atoms with E-state index in [0.717, 1.165) is 12.1 Å². The molecule has 0 aliphatic rings. The van der Waals surface area contributed by atoms with Gasteiger partial charge in [-0.1, -0.05) is 0 Å². The molecule has 6 heteroatoms. The molecule has 0 saturated carbocycles. The summed E-state index contributed by atoms with van der Waals surface area (Å²) in [4.78, 5) is 11.1. The number of phenolic OH excluding ortho intramolecular Hbond substituents is 3. The van der Waals surface area contributed by atoms with Crippen molar-refractivity contribution in [3.63, 3.8) is 0 Å². The van der Waals surface area contributed by atoms with Gasteiger partial charge in [-0.05, 0) is 12.1 Å². The maximum atomic E-state index is 11.1. The highest BCUT2D eigenvalue weighted by atomic mass is 16.3. The lowest BCUT2D eigenvalue weighted by atomic mass is 10.1. The molecule has 4 N–H and O–H groups in total. The molecule has 1 amide bonds. The zero-order valence-corrected chi connectivity index (χ0v) is 7.06. The second-order valence-electron chi connectivity index (χ2n) is 2.43. The van der Waals surface area contributed by atoms with Gasteiger partial charge in [0, 0.05) is 6.72 Å². The molecule has 0 saturated heterocycles. The van der Waals surface area contributed by atoms with Gasteiger partial charge in [-0.25, -0.2) is 5.43 Å². The second-order valence-corrected chi connectivity index (χ2v) is 2.43. The van der Waals surface area contributed by atoms with Crippen molar-refractivity contribution in [2.24, 2.45) is 5.10 Å². The lowest BCUT2D eigenvalue weighted by Crippen LogP contribution is -2.16. The SMILES string of the molecule is C=NNC(=O)c1ccc(O)c(O)c1O. The highest BCUT2D eigenvalue weighted by Crippen LogP contribution is 2.36. The summed E-state index contributed by atoms with van der Waals surface area (Å²) < 4.78 is 0. The van der Waals surface area contributed by atoms with Crippen LogP contribution in [0.5, 0.6) is 17.2 Å². The Hall–Kier alpha value is -2.24. The smallest absolute Gasteiger partial charge is 0.275 e. The van der Waals surface area contributed by atoms with Crippen LogP contribution in [-0.2, 0) is 0 Å². The Kier molecular flexibility index (Phi) is 2.57. The summed E-state index contributed by atoms with van der Waals surface area (Å²) in [5.41, 5.74) is 1.77. The minimum atomic E-state index is -0.748. The van der Waals surface area contributed by atoms with E-state index in [4.69, 9.17) is 10.2 Å². The Balaban J connectivity index is 3.17. The number of carbonyl (C=O) groups is 1. The van der Waals surface area contributed by atoms with Crippen LogP contribution in [0.3, 0.4) is 0 Å². The number of amides is 1. The maximum absolute atomic E-state index is 11.1. The molecule has 0 bridgehead atoms. The molecule has 74 valence electrons. The topological polar surface area (TPSA) is 102 Å². The summed E-state index contributed by atoms with van der Waals surface area (Å²) in [7, 11) is 0. The molecule has 1 aromatic rings. The monoisotopic (exact) mass is 196 g/mol. The van der Waals surface area contributed by atoms with Crippen molar-refractivity contribution in [1.29, 1.82) is 0 Å². The maximum Gasteiger partial charge on any atom is 0.275 e. The third kappa shape index (κ3) is 1.58. The minimum Gasteiger partial charge on any atom is -0.504 e. The summed E-state index contributed by atoms with van der Waals surface area (Å²) in [6.45, 7) is 3.02. The van der Waals surface area contributed by atoms with Gasteiger partial charge < -0.3 is 15.3 Å². The second kappa shape index (κ2) is 3.65. The van der Waals surface area contributed by atoms with Gasteiger partial charge in [0.1, 0.15) is 0 Å².